The summed E-state index contributed by atoms with van der Waals surface area (Å²) >= 11 is 5.80. The van der Waals surface area contributed by atoms with Crippen LogP contribution < -0.4 is 15.4 Å². The van der Waals surface area contributed by atoms with Gasteiger partial charge in [-0.3, -0.25) is 4.99 Å². The molecular weight excluding hydrogens is 503 g/mol. The molecule has 2 aromatic rings. The molecular formula is C21H30ClIN4O2. The molecule has 160 valence electrons. The lowest BCUT2D eigenvalue weighted by molar-refractivity contribution is 0.186. The number of guanidine groups is 1. The fraction of sp³-hybridized carbons (Fsp3) is 0.429. The number of aromatic nitrogens is 1. The Balaban J connectivity index is 0.00000420. The van der Waals surface area contributed by atoms with Crippen LogP contribution in [-0.2, 0) is 6.42 Å². The molecule has 1 atom stereocenters. The zero-order chi connectivity index (χ0) is 20.4. The van der Waals surface area contributed by atoms with Gasteiger partial charge in [0, 0.05) is 19.3 Å². The molecule has 0 fully saturated rings. The highest BCUT2D eigenvalue weighted by Gasteiger charge is 2.08. The van der Waals surface area contributed by atoms with Crippen LogP contribution in [0.4, 0.5) is 0 Å². The average molecular weight is 533 g/mol. The fourth-order valence-corrected chi connectivity index (χ4v) is 2.66. The number of aliphatic imine (C=N–C) groups is 1. The van der Waals surface area contributed by atoms with Crippen molar-refractivity contribution in [2.75, 3.05) is 19.6 Å². The summed E-state index contributed by atoms with van der Waals surface area (Å²) in [6.07, 6.45) is 2.01. The number of hydrogen-bond acceptors (Lipinski definition) is 4. The summed E-state index contributed by atoms with van der Waals surface area (Å²) < 4.78 is 5.63. The lowest BCUT2D eigenvalue weighted by Crippen LogP contribution is -2.38. The summed E-state index contributed by atoms with van der Waals surface area (Å²) in [4.78, 5) is 8.56. The van der Waals surface area contributed by atoms with Crippen LogP contribution in [-0.4, -0.2) is 41.8 Å². The lowest BCUT2D eigenvalue weighted by atomic mass is 10.1. The Bertz CT molecular complexity index is 739. The number of aliphatic hydroxyl groups is 1. The molecule has 0 saturated carbocycles. The molecule has 0 aliphatic carbocycles. The van der Waals surface area contributed by atoms with Gasteiger partial charge < -0.3 is 20.5 Å². The summed E-state index contributed by atoms with van der Waals surface area (Å²) in [5.74, 6) is 1.46. The third-order valence-electron chi connectivity index (χ3n) is 3.90. The van der Waals surface area contributed by atoms with Crippen LogP contribution in [0.25, 0.3) is 0 Å². The molecule has 0 bridgehead atoms. The highest BCUT2D eigenvalue weighted by atomic mass is 127. The second-order valence-electron chi connectivity index (χ2n) is 6.64. The van der Waals surface area contributed by atoms with Crippen molar-refractivity contribution in [2.24, 2.45) is 4.99 Å². The van der Waals surface area contributed by atoms with Crippen molar-refractivity contribution in [3.05, 3.63) is 58.9 Å². The van der Waals surface area contributed by atoms with E-state index in [1.54, 1.807) is 12.3 Å². The molecule has 0 aliphatic heterocycles. The minimum atomic E-state index is -0.677. The van der Waals surface area contributed by atoms with Crippen LogP contribution >= 0.6 is 35.6 Å². The third kappa shape index (κ3) is 9.64. The molecule has 6 nitrogen and oxygen atoms in total. The summed E-state index contributed by atoms with van der Waals surface area (Å²) in [6.45, 7) is 7.68. The molecule has 1 heterocycles. The first-order valence-corrected chi connectivity index (χ1v) is 9.93. The number of ether oxygens (including phenoxy) is 1. The number of nitrogens with zero attached hydrogens (tertiary/aromatic N) is 2. The number of pyridine rings is 1. The molecule has 0 spiro atoms. The van der Waals surface area contributed by atoms with Crippen LogP contribution in [0.3, 0.4) is 0 Å². The number of aliphatic hydroxyl groups excluding tert-OH is 1. The van der Waals surface area contributed by atoms with E-state index < -0.39 is 6.10 Å². The zero-order valence-corrected chi connectivity index (χ0v) is 20.1. The Labute approximate surface area is 195 Å². The largest absolute Gasteiger partial charge is 0.491 e. The second-order valence-corrected chi connectivity index (χ2v) is 7.02. The first-order valence-electron chi connectivity index (χ1n) is 9.55. The van der Waals surface area contributed by atoms with Crippen LogP contribution in [0, 0.1) is 0 Å². The van der Waals surface area contributed by atoms with Crippen molar-refractivity contribution in [1.82, 2.24) is 15.6 Å². The monoisotopic (exact) mass is 532 g/mol. The van der Waals surface area contributed by atoms with E-state index in [9.17, 15) is 5.11 Å². The predicted molar refractivity (Wildman–Crippen MR) is 130 cm³/mol. The molecule has 1 aromatic heterocycles. The van der Waals surface area contributed by atoms with Crippen molar-refractivity contribution in [3.8, 4) is 5.75 Å². The summed E-state index contributed by atoms with van der Waals surface area (Å²) in [6, 6.07) is 11.2. The van der Waals surface area contributed by atoms with Gasteiger partial charge in [-0.05, 0) is 56.5 Å². The van der Waals surface area contributed by atoms with Gasteiger partial charge in [-0.25, -0.2) is 4.98 Å². The number of halogens is 2. The van der Waals surface area contributed by atoms with Gasteiger partial charge in [-0.15, -0.1) is 24.0 Å². The molecule has 2 rings (SSSR count). The van der Waals surface area contributed by atoms with Gasteiger partial charge in [0.15, 0.2) is 5.96 Å². The van der Waals surface area contributed by atoms with Crippen molar-refractivity contribution in [3.63, 3.8) is 0 Å². The Morgan fingerprint density at radius 3 is 2.48 bits per heavy atom. The van der Waals surface area contributed by atoms with Crippen LogP contribution in [0.5, 0.6) is 5.75 Å². The normalized spacial score (nSPS) is 12.3. The number of hydrogen-bond donors (Lipinski definition) is 3. The van der Waals surface area contributed by atoms with E-state index in [0.29, 0.717) is 17.7 Å². The van der Waals surface area contributed by atoms with Crippen molar-refractivity contribution >= 4 is 41.5 Å². The van der Waals surface area contributed by atoms with Crippen molar-refractivity contribution < 1.29 is 9.84 Å². The van der Waals surface area contributed by atoms with E-state index in [0.717, 1.165) is 29.8 Å². The van der Waals surface area contributed by atoms with Gasteiger partial charge in [0.2, 0.25) is 0 Å². The number of nitrogens with one attached hydrogen (secondary N) is 2. The van der Waals surface area contributed by atoms with Gasteiger partial charge >= 0.3 is 0 Å². The molecule has 3 N–H and O–H groups in total. The standard InChI is InChI=1S/C21H29ClN4O2.HI/c1-4-23-21(24-12-11-16-5-10-20(22)25-13-16)26-14-19(27)17-6-8-18(9-7-17)28-15(2)3;/h5-10,13,15,19,27H,4,11-12,14H2,1-3H3,(H2,23,24,26);1H. The summed E-state index contributed by atoms with van der Waals surface area (Å²) in [5.41, 5.74) is 1.90. The quantitative estimate of drug-likeness (QED) is 0.197. The topological polar surface area (TPSA) is 78.8 Å². The fourth-order valence-electron chi connectivity index (χ4n) is 2.55. The number of rotatable bonds is 9. The van der Waals surface area contributed by atoms with Crippen LogP contribution in [0.15, 0.2) is 47.6 Å². The van der Waals surface area contributed by atoms with Crippen molar-refractivity contribution in [1.29, 1.82) is 0 Å². The molecule has 29 heavy (non-hydrogen) atoms. The minimum absolute atomic E-state index is 0. The predicted octanol–water partition coefficient (Wildman–Crippen LogP) is 3.97. The first kappa shape index (κ1) is 25.5. The highest BCUT2D eigenvalue weighted by Crippen LogP contribution is 2.19. The molecule has 0 aliphatic rings. The molecule has 0 amide bonds. The van der Waals surface area contributed by atoms with E-state index in [2.05, 4.69) is 20.6 Å². The molecule has 1 unspecified atom stereocenters. The van der Waals surface area contributed by atoms with Gasteiger partial charge in [-0.1, -0.05) is 29.8 Å². The zero-order valence-electron chi connectivity index (χ0n) is 17.1. The third-order valence-corrected chi connectivity index (χ3v) is 4.12. The maximum absolute atomic E-state index is 10.4. The Kier molecular flexibility index (Phi) is 11.9. The Morgan fingerprint density at radius 1 is 1.17 bits per heavy atom. The van der Waals surface area contributed by atoms with Crippen molar-refractivity contribution in [2.45, 2.75) is 39.4 Å². The summed E-state index contributed by atoms with van der Waals surface area (Å²) in [7, 11) is 0. The average Bonchev–Trinajstić information content (AvgIpc) is 2.67. The second kappa shape index (κ2) is 13.6. The van der Waals surface area contributed by atoms with Gasteiger partial charge in [-0.2, -0.15) is 0 Å². The number of benzene rings is 1. The lowest BCUT2D eigenvalue weighted by Gasteiger charge is -2.14. The molecule has 1 aromatic carbocycles. The van der Waals surface area contributed by atoms with Gasteiger partial charge in [0.05, 0.1) is 18.8 Å². The smallest absolute Gasteiger partial charge is 0.191 e. The Morgan fingerprint density at radius 2 is 1.90 bits per heavy atom. The summed E-state index contributed by atoms with van der Waals surface area (Å²) in [5, 5.41) is 17.4. The van der Waals surface area contributed by atoms with E-state index in [1.807, 2.05) is 51.1 Å². The molecule has 0 radical (unpaired) electrons. The minimum Gasteiger partial charge on any atom is -0.491 e. The van der Waals surface area contributed by atoms with Crippen LogP contribution in [0.1, 0.15) is 38.0 Å². The molecule has 8 heteroatoms. The maximum atomic E-state index is 10.4. The van der Waals surface area contributed by atoms with Gasteiger partial charge in [0.25, 0.3) is 0 Å². The van der Waals surface area contributed by atoms with E-state index in [-0.39, 0.29) is 36.6 Å². The Hall–Kier alpha value is -1.58. The maximum Gasteiger partial charge on any atom is 0.191 e. The van der Waals surface area contributed by atoms with E-state index in [1.165, 1.54) is 0 Å². The van der Waals surface area contributed by atoms with E-state index >= 15 is 0 Å². The van der Waals surface area contributed by atoms with Crippen LogP contribution in [0.2, 0.25) is 5.15 Å². The highest BCUT2D eigenvalue weighted by molar-refractivity contribution is 14.0. The van der Waals surface area contributed by atoms with Gasteiger partial charge in [0.1, 0.15) is 10.9 Å². The molecule has 0 saturated heterocycles. The first-order chi connectivity index (χ1) is 13.5. The SMILES string of the molecule is CCNC(=NCC(O)c1ccc(OC(C)C)cc1)NCCc1ccc(Cl)nc1.I. The van der Waals surface area contributed by atoms with E-state index in [4.69, 9.17) is 16.3 Å².